The maximum Gasteiger partial charge on any atom is 0.266 e. The Bertz CT molecular complexity index is 383. The summed E-state index contributed by atoms with van der Waals surface area (Å²) in [6, 6.07) is 0. The quantitative estimate of drug-likeness (QED) is 0.432. The van der Waals surface area contributed by atoms with Gasteiger partial charge in [-0.2, -0.15) is 0 Å². The molecule has 0 rings (SSSR count). The van der Waals surface area contributed by atoms with Crippen LogP contribution >= 0.6 is 71.3 Å². The van der Waals surface area contributed by atoms with Gasteiger partial charge in [0.15, 0.2) is 13.0 Å². The lowest BCUT2D eigenvalue weighted by molar-refractivity contribution is 0.391. The van der Waals surface area contributed by atoms with Crippen LogP contribution in [-0.4, -0.2) is 61.2 Å². The minimum atomic E-state index is -2.69. The predicted molar refractivity (Wildman–Crippen MR) is 116 cm³/mol. The first-order valence-corrected chi connectivity index (χ1v) is 19.0. The van der Waals surface area contributed by atoms with Gasteiger partial charge in [0.2, 0.25) is 5.85 Å². The zero-order valence-electron chi connectivity index (χ0n) is 15.4. The summed E-state index contributed by atoms with van der Waals surface area (Å²) >= 11 is 19.9. The Kier molecular flexibility index (Phi) is 28.1. The molecule has 154 valence electrons. The van der Waals surface area contributed by atoms with E-state index in [-0.39, 0.29) is 0 Å². The molecule has 1 atom stereocenters. The zero-order chi connectivity index (χ0) is 21.4. The molecule has 0 spiro atoms. The molecule has 0 aliphatic rings. The third kappa shape index (κ3) is 199. The molecule has 15 heteroatoms. The Morgan fingerprint density at radius 2 is 0.875 bits per heavy atom. The van der Waals surface area contributed by atoms with Crippen molar-refractivity contribution < 1.29 is 22.8 Å². The number of hydrogen-bond acceptors (Lipinski definition) is 6. The summed E-state index contributed by atoms with van der Waals surface area (Å²) in [7, 11) is 2.11. The molecule has 0 bridgehead atoms. The van der Waals surface area contributed by atoms with Crippen LogP contribution in [0.4, 0.5) is 0 Å². The molecular formula is C9H30Cl4N2O5P4. The third-order valence-electron chi connectivity index (χ3n) is 0.755. The lowest BCUT2D eigenvalue weighted by Crippen LogP contribution is -2.01. The van der Waals surface area contributed by atoms with E-state index in [9.17, 15) is 18.3 Å². The fourth-order valence-corrected chi connectivity index (χ4v) is 0.274. The van der Waals surface area contributed by atoms with Crippen molar-refractivity contribution in [1.82, 2.24) is 5.09 Å². The Hall–Kier alpha value is 1.96. The van der Waals surface area contributed by atoms with Crippen molar-refractivity contribution in [2.24, 2.45) is 5.73 Å². The summed E-state index contributed by atoms with van der Waals surface area (Å²) in [5.74, 6) is -2.69. The fourth-order valence-electron chi connectivity index (χ4n) is 0.0913. The Morgan fingerprint density at radius 3 is 0.875 bits per heavy atom. The minimum Gasteiger partial charge on any atom is -0.333 e. The van der Waals surface area contributed by atoms with Gasteiger partial charge in [0.25, 0.3) is 7.52 Å². The standard InChI is InChI=1S/C3H10NO2P.2C2H6ClOP.CH3Cl2OP.CH5N/c1-4-7(3,5)6-2;3*1-5(2,3)4;1-2/h1-3H3,(H,4,5);2*1-2H3;1H3;2H2,1H3. The second-order valence-corrected chi connectivity index (χ2v) is 22.5. The second-order valence-electron chi connectivity index (χ2n) is 4.41. The van der Waals surface area contributed by atoms with Crippen LogP contribution in [0.1, 0.15) is 0 Å². The Labute approximate surface area is 165 Å². The number of halogens is 4. The number of rotatable bonds is 2. The van der Waals surface area contributed by atoms with E-state index < -0.39 is 26.4 Å². The van der Waals surface area contributed by atoms with E-state index >= 15 is 0 Å². The van der Waals surface area contributed by atoms with E-state index in [2.05, 4.69) is 15.3 Å². The number of hydrogen-bond donors (Lipinski definition) is 2. The highest BCUT2D eigenvalue weighted by Gasteiger charge is 2.06. The van der Waals surface area contributed by atoms with Gasteiger partial charge >= 0.3 is 0 Å². The third-order valence-corrected chi connectivity index (χ3v) is 2.26. The number of nitrogens with two attached hydrogens (primary N) is 1. The van der Waals surface area contributed by atoms with Crippen LogP contribution in [0.5, 0.6) is 0 Å². The highest BCUT2D eigenvalue weighted by atomic mass is 35.9. The van der Waals surface area contributed by atoms with Crippen LogP contribution in [0.25, 0.3) is 0 Å². The lowest BCUT2D eigenvalue weighted by atomic mass is 11.6. The molecular weight excluding hydrogens is 482 g/mol. The van der Waals surface area contributed by atoms with Gasteiger partial charge in [0, 0.05) is 47.1 Å². The van der Waals surface area contributed by atoms with E-state index in [1.807, 2.05) is 0 Å². The summed E-state index contributed by atoms with van der Waals surface area (Å²) < 4.78 is 44.9. The summed E-state index contributed by atoms with van der Waals surface area (Å²) in [6.45, 7) is 4.50. The molecule has 0 heterocycles. The molecule has 0 aromatic heterocycles. The average Bonchev–Trinajstić information content (AvgIpc) is 2.25. The topological polar surface area (TPSA) is 116 Å². The molecule has 0 aliphatic carbocycles. The maximum absolute atomic E-state index is 10.6. The van der Waals surface area contributed by atoms with Gasteiger partial charge < -0.3 is 19.4 Å². The SMILES string of the molecule is CN.CNP(C)(=O)OC.CP(=O)(Cl)Cl.CP(C)(=O)Cl.CP(C)(=O)Cl. The van der Waals surface area contributed by atoms with Crippen molar-refractivity contribution in [2.75, 3.05) is 61.2 Å². The maximum atomic E-state index is 10.6. The lowest BCUT2D eigenvalue weighted by Gasteiger charge is -2.05. The molecule has 3 N–H and O–H groups in total. The molecule has 0 saturated carbocycles. The highest BCUT2D eigenvalue weighted by Crippen LogP contribution is 2.52. The monoisotopic (exact) mass is 510 g/mol. The predicted octanol–water partition coefficient (Wildman–Crippen LogP) is 6.06. The normalized spacial score (nSPS) is 13.1. The minimum absolute atomic E-state index is 1.27. The van der Waals surface area contributed by atoms with Crippen molar-refractivity contribution in [2.45, 2.75) is 0 Å². The fraction of sp³-hybridized carbons (Fsp3) is 1.00. The average molecular weight is 512 g/mol. The Balaban J connectivity index is -0.0000000652. The van der Waals surface area contributed by atoms with Crippen LogP contribution in [0.15, 0.2) is 0 Å². The van der Waals surface area contributed by atoms with Gasteiger partial charge in [-0.1, -0.05) is 22.5 Å². The van der Waals surface area contributed by atoms with Gasteiger partial charge in [0.1, 0.15) is 0 Å². The molecule has 24 heavy (non-hydrogen) atoms. The summed E-state index contributed by atoms with van der Waals surface area (Å²) in [6.07, 6.45) is 0. The molecule has 7 nitrogen and oxygen atoms in total. The molecule has 0 amide bonds. The van der Waals surface area contributed by atoms with E-state index in [0.29, 0.717) is 0 Å². The van der Waals surface area contributed by atoms with Gasteiger partial charge in [-0.3, -0.25) is 9.13 Å². The van der Waals surface area contributed by atoms with Crippen LogP contribution in [-0.2, 0) is 22.8 Å². The van der Waals surface area contributed by atoms with Crippen molar-refractivity contribution >= 4 is 71.3 Å². The first kappa shape index (κ1) is 36.8. The van der Waals surface area contributed by atoms with Gasteiger partial charge in [-0.05, 0) is 36.6 Å². The van der Waals surface area contributed by atoms with Crippen molar-refractivity contribution in [1.29, 1.82) is 0 Å². The van der Waals surface area contributed by atoms with Gasteiger partial charge in [0.05, 0.1) is 0 Å². The van der Waals surface area contributed by atoms with Crippen molar-refractivity contribution in [3.8, 4) is 0 Å². The summed E-state index contributed by atoms with van der Waals surface area (Å²) in [5.41, 5.74) is 4.50. The zero-order valence-corrected chi connectivity index (χ0v) is 22.0. The van der Waals surface area contributed by atoms with Gasteiger partial charge in [-0.15, -0.1) is 0 Å². The molecule has 0 saturated heterocycles. The summed E-state index contributed by atoms with van der Waals surface area (Å²) in [5, 5.41) is 2.52. The van der Waals surface area contributed by atoms with Crippen LogP contribution in [0, 0.1) is 0 Å². The van der Waals surface area contributed by atoms with Crippen LogP contribution < -0.4 is 10.8 Å². The van der Waals surface area contributed by atoms with E-state index in [0.717, 1.165) is 0 Å². The number of nitrogens with one attached hydrogen (secondary N) is 1. The molecule has 0 aliphatic heterocycles. The molecule has 0 radical (unpaired) electrons. The molecule has 1 unspecified atom stereocenters. The summed E-state index contributed by atoms with van der Waals surface area (Å²) in [4.78, 5) is 0. The van der Waals surface area contributed by atoms with E-state index in [4.69, 9.17) is 45.0 Å². The highest BCUT2D eigenvalue weighted by molar-refractivity contribution is 8.08. The first-order valence-electron chi connectivity index (χ1n) is 5.98. The van der Waals surface area contributed by atoms with Crippen LogP contribution in [0.2, 0.25) is 0 Å². The van der Waals surface area contributed by atoms with E-state index in [1.165, 1.54) is 54.1 Å². The molecule has 0 fully saturated rings. The van der Waals surface area contributed by atoms with Crippen molar-refractivity contribution in [3.63, 3.8) is 0 Å². The van der Waals surface area contributed by atoms with Crippen LogP contribution in [0.3, 0.4) is 0 Å². The molecule has 0 aromatic carbocycles. The smallest absolute Gasteiger partial charge is 0.266 e. The molecule has 0 aromatic rings. The first-order chi connectivity index (χ1) is 10.1. The largest absolute Gasteiger partial charge is 0.333 e. The second kappa shape index (κ2) is 18.3. The van der Waals surface area contributed by atoms with Crippen molar-refractivity contribution in [3.05, 3.63) is 0 Å². The van der Waals surface area contributed by atoms with Gasteiger partial charge in [-0.25, -0.2) is 5.09 Å². The van der Waals surface area contributed by atoms with E-state index in [1.54, 1.807) is 7.05 Å². The Morgan fingerprint density at radius 1 is 0.750 bits per heavy atom.